The Kier molecular flexibility index (Phi) is 3.74. The number of hydrogen-bond acceptors (Lipinski definition) is 3. The summed E-state index contributed by atoms with van der Waals surface area (Å²) in [5, 5.41) is 9.00. The number of carbonyl (C=O) groups is 1. The lowest BCUT2D eigenvalue weighted by Crippen LogP contribution is -2.21. The molecule has 0 fully saturated rings. The highest BCUT2D eigenvalue weighted by Crippen LogP contribution is 2.28. The minimum atomic E-state index is -1.08. The quantitative estimate of drug-likeness (QED) is 0.914. The molecule has 0 unspecified atom stereocenters. The van der Waals surface area contributed by atoms with E-state index in [0.29, 0.717) is 5.56 Å². The zero-order valence-electron chi connectivity index (χ0n) is 9.38. The molecule has 92 valence electrons. The average Bonchev–Trinajstić information content (AvgIpc) is 2.38. The van der Waals surface area contributed by atoms with Crippen LogP contribution >= 0.6 is 15.9 Å². The topological polar surface area (TPSA) is 76.2 Å². The van der Waals surface area contributed by atoms with Crippen molar-refractivity contribution in [3.8, 4) is 11.1 Å². The molecule has 3 N–H and O–H groups in total. The minimum Gasteiger partial charge on any atom is -0.480 e. The van der Waals surface area contributed by atoms with E-state index < -0.39 is 12.0 Å². The first-order valence-corrected chi connectivity index (χ1v) is 6.07. The molecule has 2 rings (SSSR count). The summed E-state index contributed by atoms with van der Waals surface area (Å²) in [6.07, 6.45) is 3.11. The summed E-state index contributed by atoms with van der Waals surface area (Å²) in [6, 6.07) is 8.29. The highest BCUT2D eigenvalue weighted by Gasteiger charge is 2.18. The first-order chi connectivity index (χ1) is 8.59. The Morgan fingerprint density at radius 1 is 1.39 bits per heavy atom. The number of carboxylic acids is 1. The fourth-order valence-electron chi connectivity index (χ4n) is 1.71. The fraction of sp³-hybridized carbons (Fsp3) is 0.0769. The molecule has 4 nitrogen and oxygen atoms in total. The van der Waals surface area contributed by atoms with E-state index in [0.717, 1.165) is 15.6 Å². The van der Waals surface area contributed by atoms with Gasteiger partial charge in [0.1, 0.15) is 6.04 Å². The Bertz CT molecular complexity index is 587. The predicted molar refractivity (Wildman–Crippen MR) is 71.9 cm³/mol. The van der Waals surface area contributed by atoms with Crippen molar-refractivity contribution in [2.45, 2.75) is 6.04 Å². The molecule has 18 heavy (non-hydrogen) atoms. The second kappa shape index (κ2) is 5.29. The molecule has 1 aromatic heterocycles. The van der Waals surface area contributed by atoms with E-state index in [-0.39, 0.29) is 0 Å². The summed E-state index contributed by atoms with van der Waals surface area (Å²) < 4.78 is 0.923. The van der Waals surface area contributed by atoms with Gasteiger partial charge < -0.3 is 10.8 Å². The van der Waals surface area contributed by atoms with Gasteiger partial charge in [-0.25, -0.2) is 0 Å². The van der Waals surface area contributed by atoms with Gasteiger partial charge in [-0.05, 0) is 29.3 Å². The molecule has 1 heterocycles. The maximum Gasteiger partial charge on any atom is 0.325 e. The maximum atomic E-state index is 11.0. The molecule has 0 saturated carbocycles. The third-order valence-electron chi connectivity index (χ3n) is 2.59. The van der Waals surface area contributed by atoms with Crippen molar-refractivity contribution < 1.29 is 9.90 Å². The van der Waals surface area contributed by atoms with Gasteiger partial charge in [0.15, 0.2) is 0 Å². The first kappa shape index (κ1) is 12.7. The van der Waals surface area contributed by atoms with Crippen LogP contribution in [0.4, 0.5) is 0 Å². The van der Waals surface area contributed by atoms with Crippen LogP contribution in [0, 0.1) is 0 Å². The molecule has 0 aliphatic heterocycles. The second-order valence-corrected chi connectivity index (χ2v) is 4.70. The van der Waals surface area contributed by atoms with Crippen LogP contribution in [0.5, 0.6) is 0 Å². The summed E-state index contributed by atoms with van der Waals surface area (Å²) in [5.41, 5.74) is 7.85. The first-order valence-electron chi connectivity index (χ1n) is 5.28. The van der Waals surface area contributed by atoms with Crippen LogP contribution in [0.1, 0.15) is 11.6 Å². The summed E-state index contributed by atoms with van der Waals surface area (Å²) in [7, 11) is 0. The van der Waals surface area contributed by atoms with Crippen LogP contribution in [0.15, 0.2) is 47.2 Å². The largest absolute Gasteiger partial charge is 0.480 e. The van der Waals surface area contributed by atoms with E-state index >= 15 is 0 Å². The molecular weight excluding hydrogens is 296 g/mol. The third-order valence-corrected chi connectivity index (χ3v) is 3.08. The number of halogens is 1. The number of nitrogens with zero attached hydrogens (tertiary/aromatic N) is 1. The zero-order chi connectivity index (χ0) is 13.1. The number of rotatable bonds is 3. The molecule has 2 aromatic rings. The molecule has 0 spiro atoms. The standard InChI is InChI=1S/C13H11BrN2O2/c14-9-3-1-2-8(6-9)10-4-5-16-7-11(10)12(15)13(17)18/h1-7,12H,15H2,(H,17,18)/t12-/m1/s1. The number of pyridine rings is 1. The smallest absolute Gasteiger partial charge is 0.325 e. The van der Waals surface area contributed by atoms with Gasteiger partial charge in [0.2, 0.25) is 0 Å². The monoisotopic (exact) mass is 306 g/mol. The van der Waals surface area contributed by atoms with Crippen LogP contribution in [-0.4, -0.2) is 16.1 Å². The van der Waals surface area contributed by atoms with Crippen molar-refractivity contribution in [1.82, 2.24) is 4.98 Å². The molecule has 0 bridgehead atoms. The molecule has 0 saturated heterocycles. The van der Waals surface area contributed by atoms with Gasteiger partial charge in [-0.2, -0.15) is 0 Å². The number of hydrogen-bond donors (Lipinski definition) is 2. The number of nitrogens with two attached hydrogens (primary N) is 1. The van der Waals surface area contributed by atoms with E-state index in [2.05, 4.69) is 20.9 Å². The van der Waals surface area contributed by atoms with Gasteiger partial charge in [0.05, 0.1) is 0 Å². The lowest BCUT2D eigenvalue weighted by molar-refractivity contribution is -0.138. The van der Waals surface area contributed by atoms with Gasteiger partial charge in [-0.15, -0.1) is 0 Å². The Balaban J connectivity index is 2.55. The summed E-state index contributed by atoms with van der Waals surface area (Å²) in [5.74, 6) is -1.07. The van der Waals surface area contributed by atoms with Crippen molar-refractivity contribution in [2.75, 3.05) is 0 Å². The predicted octanol–water partition coefficient (Wildman–Crippen LogP) is 2.60. The molecule has 0 aliphatic rings. The van der Waals surface area contributed by atoms with E-state index in [9.17, 15) is 4.79 Å². The van der Waals surface area contributed by atoms with Crippen LogP contribution in [-0.2, 0) is 4.79 Å². The Morgan fingerprint density at radius 3 is 2.83 bits per heavy atom. The highest BCUT2D eigenvalue weighted by molar-refractivity contribution is 9.10. The van der Waals surface area contributed by atoms with Crippen molar-refractivity contribution in [2.24, 2.45) is 5.73 Å². The van der Waals surface area contributed by atoms with Crippen molar-refractivity contribution in [3.05, 3.63) is 52.8 Å². The Morgan fingerprint density at radius 2 is 2.17 bits per heavy atom. The van der Waals surface area contributed by atoms with E-state index in [4.69, 9.17) is 10.8 Å². The van der Waals surface area contributed by atoms with Gasteiger partial charge in [0, 0.05) is 22.4 Å². The molecular formula is C13H11BrN2O2. The SMILES string of the molecule is N[C@@H](C(=O)O)c1cnccc1-c1cccc(Br)c1. The van der Waals surface area contributed by atoms with E-state index in [1.165, 1.54) is 6.20 Å². The number of carboxylic acid groups (broad SMARTS) is 1. The molecule has 0 radical (unpaired) electrons. The van der Waals surface area contributed by atoms with Gasteiger partial charge in [-0.1, -0.05) is 28.1 Å². The summed E-state index contributed by atoms with van der Waals surface area (Å²) in [6.45, 7) is 0. The molecule has 5 heteroatoms. The van der Waals surface area contributed by atoms with Crippen LogP contribution in [0.3, 0.4) is 0 Å². The van der Waals surface area contributed by atoms with Gasteiger partial charge in [-0.3, -0.25) is 9.78 Å². The lowest BCUT2D eigenvalue weighted by atomic mass is 9.97. The second-order valence-electron chi connectivity index (χ2n) is 3.79. The van der Waals surface area contributed by atoms with Crippen molar-refractivity contribution in [1.29, 1.82) is 0 Å². The normalized spacial score (nSPS) is 12.1. The zero-order valence-corrected chi connectivity index (χ0v) is 11.0. The number of aliphatic carboxylic acids is 1. The Hall–Kier alpha value is -1.72. The van der Waals surface area contributed by atoms with Crippen LogP contribution < -0.4 is 5.73 Å². The van der Waals surface area contributed by atoms with E-state index in [1.54, 1.807) is 12.3 Å². The third kappa shape index (κ3) is 2.57. The molecule has 1 aromatic carbocycles. The molecule has 1 atom stereocenters. The minimum absolute atomic E-state index is 0.503. The average molecular weight is 307 g/mol. The van der Waals surface area contributed by atoms with Crippen molar-refractivity contribution >= 4 is 21.9 Å². The number of benzene rings is 1. The van der Waals surface area contributed by atoms with E-state index in [1.807, 2.05) is 24.3 Å². The fourth-order valence-corrected chi connectivity index (χ4v) is 2.11. The van der Waals surface area contributed by atoms with Crippen LogP contribution in [0.2, 0.25) is 0 Å². The summed E-state index contributed by atoms with van der Waals surface area (Å²) in [4.78, 5) is 14.9. The molecule has 0 aliphatic carbocycles. The van der Waals surface area contributed by atoms with Crippen LogP contribution in [0.25, 0.3) is 11.1 Å². The van der Waals surface area contributed by atoms with Crippen molar-refractivity contribution in [3.63, 3.8) is 0 Å². The maximum absolute atomic E-state index is 11.0. The van der Waals surface area contributed by atoms with Gasteiger partial charge in [0.25, 0.3) is 0 Å². The lowest BCUT2D eigenvalue weighted by Gasteiger charge is -2.12. The molecule has 0 amide bonds. The summed E-state index contributed by atoms with van der Waals surface area (Å²) >= 11 is 3.39. The highest BCUT2D eigenvalue weighted by atomic mass is 79.9. The Labute approximate surface area is 113 Å². The van der Waals surface area contributed by atoms with Gasteiger partial charge >= 0.3 is 5.97 Å². The number of aromatic nitrogens is 1.